The van der Waals surface area contributed by atoms with E-state index in [2.05, 4.69) is 0 Å². The van der Waals surface area contributed by atoms with Crippen LogP contribution in [0.25, 0.3) is 5.57 Å². The van der Waals surface area contributed by atoms with Crippen molar-refractivity contribution in [1.29, 1.82) is 0 Å². The molecule has 6 rings (SSSR count). The summed E-state index contributed by atoms with van der Waals surface area (Å²) < 4.78 is 0.156. The van der Waals surface area contributed by atoms with E-state index in [0.29, 0.717) is 0 Å². The molecule has 4 fully saturated rings. The second-order valence-electron chi connectivity index (χ2n) is 9.42. The Balaban J connectivity index is 1.47. The quantitative estimate of drug-likeness (QED) is 0.815. The van der Waals surface area contributed by atoms with Crippen molar-refractivity contribution >= 4 is 23.2 Å². The minimum absolute atomic E-state index is 0.156. The van der Waals surface area contributed by atoms with Crippen molar-refractivity contribution in [2.45, 2.75) is 67.8 Å². The van der Waals surface area contributed by atoms with Gasteiger partial charge in [0.25, 0.3) is 0 Å². The predicted octanol–water partition coefficient (Wildman–Crippen LogP) is 3.64. The summed E-state index contributed by atoms with van der Waals surface area (Å²) in [6.07, 6.45) is 7.56. The highest BCUT2D eigenvalue weighted by Gasteiger charge is 2.54. The second-order valence-corrected chi connectivity index (χ2v) is 11.1. The molecule has 0 unspecified atom stereocenters. The van der Waals surface area contributed by atoms with Crippen LogP contribution < -0.4 is 0 Å². The molecule has 3 atom stereocenters. The molecule has 0 radical (unpaired) electrons. The van der Waals surface area contributed by atoms with Gasteiger partial charge in [0.15, 0.2) is 0 Å². The number of amides is 1. The van der Waals surface area contributed by atoms with E-state index in [1.807, 2.05) is 30.3 Å². The standard InChI is InChI=1S/C23H29NO3S/c1-14(25)24-13-19(18-5-3-2-4-6-18)20(26)21(22(24)27)28-23-10-15-7-16(11-23)9-17(8-15)12-23/h2-6,13,15-17,20-22,26-27H,7-12H2,1H3/t15?,16?,17?,20-,21+,22-,23?/m0/s1. The molecular weight excluding hydrogens is 370 g/mol. The number of thioether (sulfide) groups is 1. The third-order valence-electron chi connectivity index (χ3n) is 7.33. The van der Waals surface area contributed by atoms with Crippen molar-refractivity contribution in [2.75, 3.05) is 0 Å². The van der Waals surface area contributed by atoms with Crippen LogP contribution >= 0.6 is 11.8 Å². The monoisotopic (exact) mass is 399 g/mol. The summed E-state index contributed by atoms with van der Waals surface area (Å²) in [6.45, 7) is 1.48. The van der Waals surface area contributed by atoms with Crippen molar-refractivity contribution in [3.63, 3.8) is 0 Å². The normalized spacial score (nSPS) is 41.8. The Morgan fingerprint density at radius 1 is 1.04 bits per heavy atom. The number of carbonyl (C=O) groups is 1. The lowest BCUT2D eigenvalue weighted by molar-refractivity contribution is -0.135. The van der Waals surface area contributed by atoms with Gasteiger partial charge in [-0.15, -0.1) is 11.8 Å². The Hall–Kier alpha value is -1.30. The van der Waals surface area contributed by atoms with Gasteiger partial charge in [-0.1, -0.05) is 30.3 Å². The van der Waals surface area contributed by atoms with E-state index < -0.39 is 17.6 Å². The molecule has 4 nitrogen and oxygen atoms in total. The summed E-state index contributed by atoms with van der Waals surface area (Å²) in [5.41, 5.74) is 1.63. The molecule has 1 aromatic carbocycles. The van der Waals surface area contributed by atoms with Crippen LogP contribution in [0, 0.1) is 17.8 Å². The van der Waals surface area contributed by atoms with Gasteiger partial charge in [0.05, 0.1) is 11.4 Å². The molecule has 2 N–H and O–H groups in total. The molecular formula is C23H29NO3S. The van der Waals surface area contributed by atoms with Crippen LogP contribution in [-0.2, 0) is 4.79 Å². The molecule has 1 amide bonds. The van der Waals surface area contributed by atoms with Gasteiger partial charge in [0, 0.05) is 23.4 Å². The van der Waals surface area contributed by atoms with Crippen LogP contribution in [0.1, 0.15) is 51.0 Å². The Kier molecular flexibility index (Phi) is 4.61. The zero-order valence-electron chi connectivity index (χ0n) is 16.3. The van der Waals surface area contributed by atoms with E-state index in [1.54, 1.807) is 18.0 Å². The molecule has 0 saturated heterocycles. The Morgan fingerprint density at radius 2 is 1.61 bits per heavy atom. The third kappa shape index (κ3) is 3.12. The summed E-state index contributed by atoms with van der Waals surface area (Å²) >= 11 is 1.78. The zero-order valence-corrected chi connectivity index (χ0v) is 17.1. The maximum Gasteiger partial charge on any atom is 0.225 e. The summed E-state index contributed by atoms with van der Waals surface area (Å²) in [5, 5.41) is 21.9. The average molecular weight is 400 g/mol. The fraction of sp³-hybridized carbons (Fsp3) is 0.609. The van der Waals surface area contributed by atoms with Crippen LogP contribution in [0.3, 0.4) is 0 Å². The van der Waals surface area contributed by atoms with Gasteiger partial charge in [-0.3, -0.25) is 9.69 Å². The average Bonchev–Trinajstić information content (AvgIpc) is 2.64. The number of benzene rings is 1. The lowest BCUT2D eigenvalue weighted by Crippen LogP contribution is -2.55. The number of aliphatic hydroxyl groups is 2. The molecule has 0 spiro atoms. The summed E-state index contributed by atoms with van der Waals surface area (Å²) in [7, 11) is 0. The number of hydrogen-bond acceptors (Lipinski definition) is 4. The maximum absolute atomic E-state index is 12.2. The molecule has 5 aliphatic rings. The molecule has 1 aliphatic heterocycles. The lowest BCUT2D eigenvalue weighted by Gasteiger charge is -2.58. The highest BCUT2D eigenvalue weighted by molar-refractivity contribution is 8.01. The minimum Gasteiger partial charge on any atom is -0.387 e. The topological polar surface area (TPSA) is 60.8 Å². The fourth-order valence-corrected chi connectivity index (χ4v) is 8.64. The molecule has 4 saturated carbocycles. The second kappa shape index (κ2) is 6.89. The third-order valence-corrected chi connectivity index (χ3v) is 9.10. The molecule has 1 heterocycles. The first-order valence-electron chi connectivity index (χ1n) is 10.5. The van der Waals surface area contributed by atoms with E-state index in [4.69, 9.17) is 0 Å². The Labute approximate surface area is 171 Å². The summed E-state index contributed by atoms with van der Waals surface area (Å²) in [5.74, 6) is 2.24. The highest BCUT2D eigenvalue weighted by atomic mass is 32.2. The number of hydrogen-bond donors (Lipinski definition) is 2. The van der Waals surface area contributed by atoms with Gasteiger partial charge >= 0.3 is 0 Å². The molecule has 5 heteroatoms. The Bertz CT molecular complexity index is 757. The number of aliphatic hydroxyl groups excluding tert-OH is 2. The first-order chi connectivity index (χ1) is 13.4. The van der Waals surface area contributed by atoms with E-state index in [1.165, 1.54) is 50.3 Å². The smallest absolute Gasteiger partial charge is 0.225 e. The first kappa shape index (κ1) is 18.7. The number of rotatable bonds is 3. The zero-order chi connectivity index (χ0) is 19.5. The van der Waals surface area contributed by atoms with Gasteiger partial charge in [0.2, 0.25) is 5.91 Å². The molecule has 4 bridgehead atoms. The van der Waals surface area contributed by atoms with E-state index in [9.17, 15) is 15.0 Å². The van der Waals surface area contributed by atoms with Gasteiger partial charge in [0.1, 0.15) is 6.23 Å². The lowest BCUT2D eigenvalue weighted by atomic mass is 9.56. The molecule has 0 aromatic heterocycles. The largest absolute Gasteiger partial charge is 0.387 e. The highest BCUT2D eigenvalue weighted by Crippen LogP contribution is 2.62. The Morgan fingerprint density at radius 3 is 2.14 bits per heavy atom. The van der Waals surface area contributed by atoms with Crippen molar-refractivity contribution in [2.24, 2.45) is 17.8 Å². The molecule has 1 aromatic rings. The summed E-state index contributed by atoms with van der Waals surface area (Å²) in [6, 6.07) is 9.73. The molecule has 28 heavy (non-hydrogen) atoms. The van der Waals surface area contributed by atoms with Crippen molar-refractivity contribution in [3.05, 3.63) is 42.1 Å². The van der Waals surface area contributed by atoms with Gasteiger partial charge in [-0.25, -0.2) is 0 Å². The van der Waals surface area contributed by atoms with Gasteiger partial charge in [-0.05, 0) is 61.8 Å². The molecule has 4 aliphatic carbocycles. The van der Waals surface area contributed by atoms with Crippen LogP contribution in [-0.4, -0.2) is 43.3 Å². The van der Waals surface area contributed by atoms with Crippen LogP contribution in [0.2, 0.25) is 0 Å². The van der Waals surface area contributed by atoms with Crippen molar-refractivity contribution in [1.82, 2.24) is 4.90 Å². The SMILES string of the molecule is CC(=O)N1C=C(c2ccccc2)[C@H](O)[C@@H](SC23CC4CC(CC(C4)C2)C3)[C@@H]1O. The fourth-order valence-electron chi connectivity index (χ4n) is 6.54. The maximum atomic E-state index is 12.2. The van der Waals surface area contributed by atoms with Crippen LogP contribution in [0.15, 0.2) is 36.5 Å². The van der Waals surface area contributed by atoms with Crippen LogP contribution in [0.5, 0.6) is 0 Å². The van der Waals surface area contributed by atoms with Crippen LogP contribution in [0.4, 0.5) is 0 Å². The number of carbonyl (C=O) groups excluding carboxylic acids is 1. The van der Waals surface area contributed by atoms with Gasteiger partial charge in [-0.2, -0.15) is 0 Å². The van der Waals surface area contributed by atoms with Crippen molar-refractivity contribution in [3.8, 4) is 0 Å². The van der Waals surface area contributed by atoms with Gasteiger partial charge < -0.3 is 10.2 Å². The van der Waals surface area contributed by atoms with E-state index in [0.717, 1.165) is 28.9 Å². The van der Waals surface area contributed by atoms with E-state index >= 15 is 0 Å². The van der Waals surface area contributed by atoms with E-state index in [-0.39, 0.29) is 10.7 Å². The summed E-state index contributed by atoms with van der Waals surface area (Å²) in [4.78, 5) is 13.6. The first-order valence-corrected chi connectivity index (χ1v) is 11.4. The molecule has 150 valence electrons. The predicted molar refractivity (Wildman–Crippen MR) is 111 cm³/mol. The number of nitrogens with zero attached hydrogens (tertiary/aromatic N) is 1. The minimum atomic E-state index is -0.988. The van der Waals surface area contributed by atoms with Crippen molar-refractivity contribution < 1.29 is 15.0 Å².